The van der Waals surface area contributed by atoms with Gasteiger partial charge in [-0.3, -0.25) is 15.0 Å². The fourth-order valence-corrected chi connectivity index (χ4v) is 9.51. The number of aliphatic hydroxyl groups is 3. The van der Waals surface area contributed by atoms with Crippen molar-refractivity contribution in [2.24, 2.45) is 22.9 Å². The predicted octanol–water partition coefficient (Wildman–Crippen LogP) is 7.40. The van der Waals surface area contributed by atoms with Gasteiger partial charge in [0.25, 0.3) is 5.69 Å². The average molecular weight is 949 g/mol. The lowest BCUT2D eigenvalue weighted by Gasteiger charge is -2.59. The van der Waals surface area contributed by atoms with Crippen molar-refractivity contribution in [1.82, 2.24) is 10.2 Å². The summed E-state index contributed by atoms with van der Waals surface area (Å²) in [4.78, 5) is 46.1. The number of non-ortho nitro benzene ring substituents is 1. The zero-order chi connectivity index (χ0) is 47.6. The lowest BCUT2D eigenvalue weighted by atomic mass is 9.55. The van der Waals surface area contributed by atoms with E-state index >= 15 is 0 Å². The number of nitro groups is 1. The number of halogens is 1. The first-order valence-corrected chi connectivity index (χ1v) is 23.3. The zero-order valence-corrected chi connectivity index (χ0v) is 38.3. The van der Waals surface area contributed by atoms with Gasteiger partial charge < -0.3 is 49.2 Å². The zero-order valence-electron chi connectivity index (χ0n) is 37.5. The number of nitrogens with one attached hydrogen (secondary N) is 1. The number of carbonyl (C=O) groups excluding carboxylic acids is 2. The van der Waals surface area contributed by atoms with Crippen LogP contribution in [0.15, 0.2) is 102 Å². The Labute approximate surface area is 395 Å². The summed E-state index contributed by atoms with van der Waals surface area (Å²) in [5.74, 6) is -2.22. The first-order valence-electron chi connectivity index (χ1n) is 22.8. The molecule has 17 nitrogen and oxygen atoms in total. The number of ether oxygens (including phenoxy) is 5. The van der Waals surface area contributed by atoms with Gasteiger partial charge in [-0.2, -0.15) is 0 Å². The molecule has 1 aliphatic heterocycles. The highest BCUT2D eigenvalue weighted by Gasteiger charge is 2.65. The van der Waals surface area contributed by atoms with E-state index in [9.17, 15) is 35.0 Å². The van der Waals surface area contributed by atoms with Gasteiger partial charge in [0.15, 0.2) is 0 Å². The molecular formula is C49H61ClN4O13. The standard InChI is InChI=1S/C49H61ClN4O13/c1-2-25-64-49-44(53(21-27-62-28-24-57)48(59)63-26-20-50)31-42(52-65-33-35-14-16-37(17-15-35)54(60)61)40-29-36(12-6-8-22-55)39(13-7-9-23-56)45(46(40)49)41-30-38(18-19-43(41)67-49)66-47(58)51-32-34-10-4-3-5-11-34/h2-5,10-11,14-19,29-30,36,39,44-46,55-57H,1,6-9,12-13,20-28,31-33H2,(H,51,58). The number of benzene rings is 3. The summed E-state index contributed by atoms with van der Waals surface area (Å²) >= 11 is 6.03. The van der Waals surface area contributed by atoms with Crippen molar-refractivity contribution >= 4 is 35.2 Å². The minimum Gasteiger partial charge on any atom is -0.459 e. The van der Waals surface area contributed by atoms with Crippen LogP contribution in [0.3, 0.4) is 0 Å². The van der Waals surface area contributed by atoms with E-state index in [1.807, 2.05) is 36.4 Å². The third kappa shape index (κ3) is 12.9. The van der Waals surface area contributed by atoms with Gasteiger partial charge >= 0.3 is 12.2 Å². The highest BCUT2D eigenvalue weighted by molar-refractivity contribution is 6.18. The number of oxime groups is 1. The largest absolute Gasteiger partial charge is 0.459 e. The molecule has 0 spiro atoms. The number of aliphatic hydroxyl groups excluding tert-OH is 3. The van der Waals surface area contributed by atoms with Crippen LogP contribution >= 0.6 is 11.6 Å². The molecule has 4 N–H and O–H groups in total. The van der Waals surface area contributed by atoms with E-state index in [2.05, 4.69) is 18.0 Å². The molecule has 6 unspecified atom stereocenters. The van der Waals surface area contributed by atoms with Gasteiger partial charge in [-0.25, -0.2) is 9.59 Å². The molecule has 67 heavy (non-hydrogen) atoms. The molecule has 0 bridgehead atoms. The normalized spacial score (nSPS) is 22.1. The van der Waals surface area contributed by atoms with Crippen LogP contribution in [0.2, 0.25) is 0 Å². The van der Waals surface area contributed by atoms with Crippen LogP contribution in [-0.2, 0) is 32.2 Å². The van der Waals surface area contributed by atoms with Crippen molar-refractivity contribution in [3.63, 3.8) is 0 Å². The maximum atomic E-state index is 14.3. The molecule has 18 heteroatoms. The summed E-state index contributed by atoms with van der Waals surface area (Å²) in [7, 11) is 0. The molecule has 6 atom stereocenters. The van der Waals surface area contributed by atoms with Crippen molar-refractivity contribution < 1.29 is 58.4 Å². The molecule has 1 saturated carbocycles. The van der Waals surface area contributed by atoms with Gasteiger partial charge in [0.05, 0.1) is 48.9 Å². The first kappa shape index (κ1) is 50.8. The van der Waals surface area contributed by atoms with E-state index in [0.29, 0.717) is 55.5 Å². The molecule has 1 heterocycles. The number of hydrogen-bond donors (Lipinski definition) is 4. The smallest absolute Gasteiger partial charge is 0.412 e. The third-order valence-corrected chi connectivity index (χ3v) is 12.5. The predicted molar refractivity (Wildman–Crippen MR) is 249 cm³/mol. The Morgan fingerprint density at radius 1 is 0.970 bits per heavy atom. The minimum atomic E-state index is -1.63. The van der Waals surface area contributed by atoms with Crippen LogP contribution in [0, 0.1) is 27.9 Å². The van der Waals surface area contributed by atoms with Gasteiger partial charge in [0, 0.05) is 56.3 Å². The topological polar surface area (TPSA) is 221 Å². The van der Waals surface area contributed by atoms with Crippen molar-refractivity contribution in [3.8, 4) is 11.5 Å². The van der Waals surface area contributed by atoms with Crippen molar-refractivity contribution in [2.45, 2.75) is 75.8 Å². The lowest BCUT2D eigenvalue weighted by molar-refractivity contribution is -0.384. The number of amides is 2. The Morgan fingerprint density at radius 2 is 1.73 bits per heavy atom. The van der Waals surface area contributed by atoms with Gasteiger partial charge in [0.2, 0.25) is 5.79 Å². The Morgan fingerprint density at radius 3 is 2.43 bits per heavy atom. The number of rotatable bonds is 26. The molecule has 3 aromatic carbocycles. The second-order valence-electron chi connectivity index (χ2n) is 16.5. The maximum Gasteiger partial charge on any atom is 0.412 e. The number of allylic oxidation sites excluding steroid dienone is 1. The molecule has 1 fully saturated rings. The number of carbonyl (C=O) groups is 2. The Kier molecular flexibility index (Phi) is 19.4. The van der Waals surface area contributed by atoms with Gasteiger partial charge in [-0.05, 0) is 84.6 Å². The molecule has 6 rings (SSSR count). The Bertz CT molecular complexity index is 2160. The number of nitro benzene ring substituents is 1. The number of nitrogens with zero attached hydrogens (tertiary/aromatic N) is 3. The van der Waals surface area contributed by atoms with Crippen molar-refractivity contribution in [1.29, 1.82) is 0 Å². The van der Waals surface area contributed by atoms with Crippen LogP contribution in [-0.4, -0.2) is 114 Å². The van der Waals surface area contributed by atoms with E-state index in [1.54, 1.807) is 30.3 Å². The highest BCUT2D eigenvalue weighted by Crippen LogP contribution is 2.62. The molecule has 362 valence electrons. The minimum absolute atomic E-state index is 0.00194. The van der Waals surface area contributed by atoms with Gasteiger partial charge in [-0.15, -0.1) is 18.2 Å². The summed E-state index contributed by atoms with van der Waals surface area (Å²) < 4.78 is 31.5. The molecule has 0 saturated heterocycles. The molecule has 2 amide bonds. The summed E-state index contributed by atoms with van der Waals surface area (Å²) in [5, 5.41) is 48.4. The van der Waals surface area contributed by atoms with E-state index in [0.717, 1.165) is 16.7 Å². The molecule has 0 aromatic heterocycles. The Hall–Kier alpha value is -5.56. The van der Waals surface area contributed by atoms with E-state index in [4.69, 9.17) is 45.3 Å². The number of hydrogen-bond acceptors (Lipinski definition) is 14. The third-order valence-electron chi connectivity index (χ3n) is 12.3. The fourth-order valence-electron chi connectivity index (χ4n) is 9.44. The van der Waals surface area contributed by atoms with Gasteiger partial charge in [-0.1, -0.05) is 60.5 Å². The number of alkyl halides is 1. The van der Waals surface area contributed by atoms with Crippen molar-refractivity contribution in [3.05, 3.63) is 124 Å². The van der Waals surface area contributed by atoms with Crippen LogP contribution in [0.5, 0.6) is 11.5 Å². The van der Waals surface area contributed by atoms with E-state index in [1.165, 1.54) is 17.0 Å². The van der Waals surface area contributed by atoms with Crippen LogP contribution in [0.4, 0.5) is 15.3 Å². The molecule has 2 aliphatic carbocycles. The quantitative estimate of drug-likeness (QED) is 0.0203. The number of fused-ring (bicyclic) bond motifs is 2. The molecule has 0 radical (unpaired) electrons. The van der Waals surface area contributed by atoms with E-state index < -0.39 is 40.8 Å². The lowest BCUT2D eigenvalue weighted by Crippen LogP contribution is -2.70. The number of unbranched alkanes of at least 4 members (excludes halogenated alkanes) is 2. The summed E-state index contributed by atoms with van der Waals surface area (Å²) in [6.07, 6.45) is 6.36. The summed E-state index contributed by atoms with van der Waals surface area (Å²) in [5.41, 5.74) is 3.45. The summed E-state index contributed by atoms with van der Waals surface area (Å²) in [6, 6.07) is 19.7. The van der Waals surface area contributed by atoms with Crippen LogP contribution in [0.25, 0.3) is 0 Å². The Balaban J connectivity index is 1.52. The van der Waals surface area contributed by atoms with Crippen molar-refractivity contribution in [2.75, 3.05) is 58.7 Å². The van der Waals surface area contributed by atoms with Crippen LogP contribution < -0.4 is 14.8 Å². The first-order chi connectivity index (χ1) is 32.7. The summed E-state index contributed by atoms with van der Waals surface area (Å²) in [6.45, 7) is 3.93. The highest BCUT2D eigenvalue weighted by atomic mass is 35.5. The second kappa shape index (κ2) is 25.5. The average Bonchev–Trinajstić information content (AvgIpc) is 3.34. The van der Waals surface area contributed by atoms with Gasteiger partial charge in [0.1, 0.15) is 30.8 Å². The second-order valence-corrected chi connectivity index (χ2v) is 16.9. The molecular weight excluding hydrogens is 888 g/mol. The fraction of sp³-hybridized carbons (Fsp3) is 0.490. The maximum absolute atomic E-state index is 14.3. The SMILES string of the molecule is C=CCOC12Oc3ccc(OC(=O)NCc4ccccc4)cc3C3C(CCCCO)C(CCCCO)C=C(C(=NOCc4ccc([N+](=O)[O-])cc4)CC1N(CCOCCO)C(=O)OCCCl)C32. The molecule has 3 aromatic rings. The molecule has 3 aliphatic rings. The monoisotopic (exact) mass is 948 g/mol. The van der Waals surface area contributed by atoms with E-state index in [-0.39, 0.29) is 102 Å². The van der Waals surface area contributed by atoms with Crippen LogP contribution in [0.1, 0.15) is 67.6 Å².